The highest BCUT2D eigenvalue weighted by Crippen LogP contribution is 2.23. The molecule has 99 valence electrons. The Morgan fingerprint density at radius 3 is 2.42 bits per heavy atom. The molecule has 3 nitrogen and oxygen atoms in total. The highest BCUT2D eigenvalue weighted by Gasteiger charge is 2.08. The number of hydrogen-bond acceptors (Lipinski definition) is 3. The van der Waals surface area contributed by atoms with E-state index in [0.29, 0.717) is 5.56 Å². The highest BCUT2D eigenvalue weighted by atomic mass is 32.2. The molecule has 0 spiro atoms. The maximum atomic E-state index is 13.3. The van der Waals surface area contributed by atoms with E-state index in [1.54, 1.807) is 24.3 Å². The lowest BCUT2D eigenvalue weighted by Crippen LogP contribution is -2.00. The minimum atomic E-state index is -3.26. The van der Waals surface area contributed by atoms with E-state index in [9.17, 15) is 12.8 Å². The van der Waals surface area contributed by atoms with Gasteiger partial charge in [0.25, 0.3) is 0 Å². The van der Waals surface area contributed by atoms with Gasteiger partial charge in [0.05, 0.1) is 4.90 Å². The van der Waals surface area contributed by atoms with Crippen LogP contribution in [0.4, 0.5) is 4.39 Å². The molecule has 0 aliphatic heterocycles. The third-order valence-corrected chi connectivity index (χ3v) is 3.84. The molecule has 19 heavy (non-hydrogen) atoms. The Morgan fingerprint density at radius 1 is 1.21 bits per heavy atom. The van der Waals surface area contributed by atoms with Gasteiger partial charge in [0.2, 0.25) is 0 Å². The molecule has 0 heterocycles. The average molecular weight is 278 g/mol. The fourth-order valence-corrected chi connectivity index (χ4v) is 2.32. The van der Waals surface area contributed by atoms with E-state index in [-0.39, 0.29) is 17.3 Å². The Morgan fingerprint density at radius 2 is 1.89 bits per heavy atom. The summed E-state index contributed by atoms with van der Waals surface area (Å²) in [4.78, 5) is 0.136. The van der Waals surface area contributed by atoms with Crippen LogP contribution in [0.25, 0.3) is 11.1 Å². The van der Waals surface area contributed by atoms with E-state index in [1.165, 1.54) is 12.1 Å². The molecule has 0 saturated carbocycles. The Labute approximate surface area is 111 Å². The van der Waals surface area contributed by atoms with Gasteiger partial charge in [-0.15, -0.1) is 0 Å². The van der Waals surface area contributed by atoms with Crippen molar-refractivity contribution in [2.45, 2.75) is 11.4 Å². The van der Waals surface area contributed by atoms with Crippen molar-refractivity contribution in [3.8, 4) is 11.1 Å². The molecule has 1 radical (unpaired) electrons. The van der Waals surface area contributed by atoms with Crippen molar-refractivity contribution in [3.63, 3.8) is 0 Å². The third kappa shape index (κ3) is 3.00. The van der Waals surface area contributed by atoms with Crippen LogP contribution in [0.2, 0.25) is 0 Å². The first kappa shape index (κ1) is 13.7. The maximum Gasteiger partial charge on any atom is 0.176 e. The second-order valence-electron chi connectivity index (χ2n) is 4.22. The molecule has 2 N–H and O–H groups in total. The van der Waals surface area contributed by atoms with Crippen molar-refractivity contribution in [3.05, 3.63) is 53.8 Å². The van der Waals surface area contributed by atoms with Crippen LogP contribution in [0.1, 0.15) is 5.56 Å². The molecule has 0 bridgehead atoms. The zero-order valence-electron chi connectivity index (χ0n) is 10.4. The molecule has 2 rings (SSSR count). The molecule has 0 aliphatic carbocycles. The summed E-state index contributed by atoms with van der Waals surface area (Å²) < 4.78 is 36.0. The van der Waals surface area contributed by atoms with Gasteiger partial charge in [-0.05, 0) is 35.4 Å². The van der Waals surface area contributed by atoms with Crippen LogP contribution >= 0.6 is 0 Å². The predicted molar refractivity (Wildman–Crippen MR) is 71.7 cm³/mol. The third-order valence-electron chi connectivity index (χ3n) is 2.78. The van der Waals surface area contributed by atoms with Gasteiger partial charge in [0, 0.05) is 24.4 Å². The quantitative estimate of drug-likeness (QED) is 0.936. The highest BCUT2D eigenvalue weighted by molar-refractivity contribution is 7.90. The van der Waals surface area contributed by atoms with Gasteiger partial charge in [-0.2, -0.15) is 0 Å². The molecule has 2 aromatic rings. The van der Waals surface area contributed by atoms with Crippen molar-refractivity contribution >= 4 is 9.84 Å². The molecule has 0 fully saturated rings. The molecule has 0 saturated heterocycles. The summed E-state index contributed by atoms with van der Waals surface area (Å²) in [5.41, 5.74) is 7.41. The maximum absolute atomic E-state index is 13.3. The number of hydrogen-bond donors (Lipinski definition) is 1. The molecule has 0 amide bonds. The van der Waals surface area contributed by atoms with E-state index in [0.717, 1.165) is 17.4 Å². The Balaban J connectivity index is 2.43. The summed E-state index contributed by atoms with van der Waals surface area (Å²) in [5.74, 6) is -0.344. The van der Waals surface area contributed by atoms with Crippen LogP contribution in [-0.4, -0.2) is 14.7 Å². The number of benzene rings is 2. The lowest BCUT2D eigenvalue weighted by Gasteiger charge is -2.06. The minimum absolute atomic E-state index is 0.116. The fourth-order valence-electron chi connectivity index (χ4n) is 1.73. The summed E-state index contributed by atoms with van der Waals surface area (Å²) in [5, 5.41) is 0. The summed E-state index contributed by atoms with van der Waals surface area (Å²) in [6, 6.07) is 12.1. The summed E-state index contributed by atoms with van der Waals surface area (Å²) in [6.07, 6.45) is 1.13. The molecule has 2 aromatic carbocycles. The summed E-state index contributed by atoms with van der Waals surface area (Å²) in [6.45, 7) is 0.116. The molecule has 0 aliphatic rings. The summed E-state index contributed by atoms with van der Waals surface area (Å²) >= 11 is 0. The topological polar surface area (TPSA) is 60.2 Å². The first-order chi connectivity index (χ1) is 8.91. The summed E-state index contributed by atoms with van der Waals surface area (Å²) in [7, 11) is -3.26. The van der Waals surface area contributed by atoms with Gasteiger partial charge >= 0.3 is 0 Å². The normalized spacial score (nSPS) is 11.5. The minimum Gasteiger partial charge on any atom is -0.326 e. The van der Waals surface area contributed by atoms with Crippen LogP contribution in [0, 0.1) is 11.9 Å². The first-order valence-corrected chi connectivity index (χ1v) is 7.51. The SMILES string of the molecule is CS(=O)(=O)c1[c]cc(-c2ccc(F)c(CN)c2)cc1. The van der Waals surface area contributed by atoms with Crippen LogP contribution in [0.3, 0.4) is 0 Å². The monoisotopic (exact) mass is 278 g/mol. The second-order valence-corrected chi connectivity index (χ2v) is 6.21. The number of rotatable bonds is 3. The molecule has 0 unspecified atom stereocenters. The van der Waals surface area contributed by atoms with Gasteiger partial charge in [-0.3, -0.25) is 0 Å². The van der Waals surface area contributed by atoms with Crippen molar-refractivity contribution in [2.24, 2.45) is 5.73 Å². The number of halogens is 1. The van der Waals surface area contributed by atoms with Crippen molar-refractivity contribution < 1.29 is 12.8 Å². The van der Waals surface area contributed by atoms with E-state index in [1.807, 2.05) is 0 Å². The molecular weight excluding hydrogens is 265 g/mol. The van der Waals surface area contributed by atoms with Gasteiger partial charge < -0.3 is 5.73 Å². The van der Waals surface area contributed by atoms with Crippen molar-refractivity contribution in [1.82, 2.24) is 0 Å². The second kappa shape index (κ2) is 5.11. The fraction of sp³-hybridized carbons (Fsp3) is 0.143. The number of sulfone groups is 1. The standard InChI is InChI=1S/C14H13FNO2S/c1-19(17,18)13-5-2-10(3-6-13)11-4-7-14(15)12(8-11)9-16/h2-5,7-8H,9,16H2,1H3. The van der Waals surface area contributed by atoms with Crippen LogP contribution in [0.15, 0.2) is 41.3 Å². The Kier molecular flexibility index (Phi) is 3.68. The molecule has 5 heteroatoms. The van der Waals surface area contributed by atoms with Crippen molar-refractivity contribution in [1.29, 1.82) is 0 Å². The van der Waals surface area contributed by atoms with Crippen LogP contribution in [-0.2, 0) is 16.4 Å². The van der Waals surface area contributed by atoms with Crippen LogP contribution in [0.5, 0.6) is 0 Å². The van der Waals surface area contributed by atoms with Gasteiger partial charge in [-0.1, -0.05) is 12.1 Å². The number of nitrogens with two attached hydrogens (primary N) is 1. The zero-order valence-corrected chi connectivity index (χ0v) is 11.2. The van der Waals surface area contributed by atoms with Gasteiger partial charge in [0.1, 0.15) is 5.82 Å². The Bertz CT molecular complexity index is 694. The van der Waals surface area contributed by atoms with Gasteiger partial charge in [-0.25, -0.2) is 12.8 Å². The Hall–Kier alpha value is -1.72. The molecule has 0 atom stereocenters. The smallest absolute Gasteiger partial charge is 0.176 e. The zero-order chi connectivity index (χ0) is 14.0. The average Bonchev–Trinajstić information content (AvgIpc) is 2.38. The van der Waals surface area contributed by atoms with E-state index >= 15 is 0 Å². The lowest BCUT2D eigenvalue weighted by atomic mass is 10.0. The lowest BCUT2D eigenvalue weighted by molar-refractivity contribution is 0.601. The largest absolute Gasteiger partial charge is 0.326 e. The van der Waals surface area contributed by atoms with Crippen LogP contribution < -0.4 is 5.73 Å². The first-order valence-electron chi connectivity index (χ1n) is 5.62. The van der Waals surface area contributed by atoms with E-state index in [4.69, 9.17) is 5.73 Å². The van der Waals surface area contributed by atoms with Crippen molar-refractivity contribution in [2.75, 3.05) is 6.26 Å². The predicted octanol–water partition coefficient (Wildman–Crippen LogP) is 2.16. The van der Waals surface area contributed by atoms with Gasteiger partial charge in [0.15, 0.2) is 9.84 Å². The van der Waals surface area contributed by atoms with E-state index in [2.05, 4.69) is 6.07 Å². The molecular formula is C14H13FNO2S. The van der Waals surface area contributed by atoms with E-state index < -0.39 is 9.84 Å². The molecule has 0 aromatic heterocycles.